The lowest BCUT2D eigenvalue weighted by Gasteiger charge is -2.24. The van der Waals surface area contributed by atoms with Crippen LogP contribution in [0.5, 0.6) is 0 Å². The van der Waals surface area contributed by atoms with E-state index in [4.69, 9.17) is 0 Å². The van der Waals surface area contributed by atoms with Crippen molar-refractivity contribution < 1.29 is 4.79 Å². The Morgan fingerprint density at radius 1 is 1.22 bits per heavy atom. The predicted molar refractivity (Wildman–Crippen MR) is 81.9 cm³/mol. The minimum atomic E-state index is -1.02. The number of carbonyl (C=O) groups is 1. The Bertz CT molecular complexity index is 375. The first-order valence-electron chi connectivity index (χ1n) is 6.79. The van der Waals surface area contributed by atoms with Gasteiger partial charge < -0.3 is 4.90 Å². The van der Waals surface area contributed by atoms with Crippen LogP contribution in [0.3, 0.4) is 0 Å². The summed E-state index contributed by atoms with van der Waals surface area (Å²) in [5.74, 6) is 0.136. The Hall–Kier alpha value is -1.09. The summed E-state index contributed by atoms with van der Waals surface area (Å²) in [4.78, 5) is 13.6. The average molecular weight is 263 g/mol. The first kappa shape index (κ1) is 15.0. The van der Waals surface area contributed by atoms with Gasteiger partial charge in [-0.25, -0.2) is 0 Å². The van der Waals surface area contributed by atoms with Gasteiger partial charge in [-0.05, 0) is 18.6 Å². The molecule has 0 N–H and O–H groups in total. The van der Waals surface area contributed by atoms with Crippen LogP contribution in [0.1, 0.15) is 20.3 Å². The lowest BCUT2D eigenvalue weighted by atomic mass is 10.2. The molecule has 0 bridgehead atoms. The van der Waals surface area contributed by atoms with Crippen LogP contribution in [-0.2, 0) is 4.79 Å². The highest BCUT2D eigenvalue weighted by atomic mass is 28.3. The monoisotopic (exact) mass is 263 g/mol. The molecule has 0 aliphatic carbocycles. The van der Waals surface area contributed by atoms with E-state index < -0.39 is 8.07 Å². The van der Waals surface area contributed by atoms with Crippen molar-refractivity contribution in [1.29, 1.82) is 0 Å². The van der Waals surface area contributed by atoms with E-state index in [9.17, 15) is 4.79 Å². The molecular weight excluding hydrogens is 238 g/mol. The first-order chi connectivity index (χ1) is 8.46. The lowest BCUT2D eigenvalue weighted by molar-refractivity contribution is -0.116. The molecule has 2 nitrogen and oxygen atoms in total. The zero-order chi connectivity index (χ0) is 13.6. The number of anilines is 1. The molecule has 0 aliphatic heterocycles. The van der Waals surface area contributed by atoms with E-state index in [1.54, 1.807) is 6.92 Å². The molecular formula is C15H25NOSi. The van der Waals surface area contributed by atoms with Gasteiger partial charge in [-0.15, -0.1) is 0 Å². The van der Waals surface area contributed by atoms with Gasteiger partial charge in [0.25, 0.3) is 0 Å². The van der Waals surface area contributed by atoms with Crippen LogP contribution < -0.4 is 4.90 Å². The van der Waals surface area contributed by atoms with Gasteiger partial charge in [0.05, 0.1) is 0 Å². The molecule has 0 fully saturated rings. The van der Waals surface area contributed by atoms with E-state index in [0.717, 1.165) is 18.7 Å². The molecule has 3 heteroatoms. The van der Waals surface area contributed by atoms with Gasteiger partial charge in [0.2, 0.25) is 5.91 Å². The molecule has 0 unspecified atom stereocenters. The minimum Gasteiger partial charge on any atom is -0.313 e. The molecule has 100 valence electrons. The van der Waals surface area contributed by atoms with E-state index in [1.165, 1.54) is 12.1 Å². The molecule has 0 aromatic heterocycles. The second kappa shape index (κ2) is 6.74. The average Bonchev–Trinajstić information content (AvgIpc) is 2.35. The zero-order valence-electron chi connectivity index (χ0n) is 12.1. The van der Waals surface area contributed by atoms with E-state index in [1.807, 2.05) is 35.2 Å². The molecule has 0 spiro atoms. The highest BCUT2D eigenvalue weighted by Gasteiger charge is 2.18. The second-order valence-electron chi connectivity index (χ2n) is 5.63. The van der Waals surface area contributed by atoms with Gasteiger partial charge in [-0.1, -0.05) is 50.3 Å². The maximum absolute atomic E-state index is 11.7. The number of hydrogen-bond acceptors (Lipinski definition) is 1. The summed E-state index contributed by atoms with van der Waals surface area (Å²) >= 11 is 0. The van der Waals surface area contributed by atoms with Crippen molar-refractivity contribution in [3.05, 3.63) is 30.3 Å². The molecule has 0 heterocycles. The fraction of sp³-hybridized carbons (Fsp3) is 0.533. The van der Waals surface area contributed by atoms with Crippen molar-refractivity contribution in [2.75, 3.05) is 11.4 Å². The summed E-state index contributed by atoms with van der Waals surface area (Å²) in [5.41, 5.74) is 1.01. The summed E-state index contributed by atoms with van der Waals surface area (Å²) in [6.45, 7) is 9.62. The van der Waals surface area contributed by atoms with Crippen molar-refractivity contribution in [2.24, 2.45) is 0 Å². The van der Waals surface area contributed by atoms with E-state index >= 15 is 0 Å². The van der Waals surface area contributed by atoms with Gasteiger partial charge in [-0.2, -0.15) is 0 Å². The Kier molecular flexibility index (Phi) is 5.60. The third-order valence-corrected chi connectivity index (χ3v) is 7.26. The van der Waals surface area contributed by atoms with Gasteiger partial charge >= 0.3 is 0 Å². The van der Waals surface area contributed by atoms with Crippen molar-refractivity contribution >= 4 is 19.7 Å². The molecule has 0 aliphatic rings. The number of para-hydroxylation sites is 1. The van der Waals surface area contributed by atoms with Crippen LogP contribution in [0.2, 0.25) is 25.2 Å². The Morgan fingerprint density at radius 2 is 1.83 bits per heavy atom. The van der Waals surface area contributed by atoms with E-state index in [0.29, 0.717) is 0 Å². The standard InChI is InChI=1S/C15H25NOSi/c1-5-18(3,4)13-9-12-16(14(2)17)15-10-7-6-8-11-15/h6-8,10-11H,5,9,12-13H2,1-4H3. The largest absolute Gasteiger partial charge is 0.313 e. The number of amides is 1. The van der Waals surface area contributed by atoms with Gasteiger partial charge in [0.15, 0.2) is 0 Å². The zero-order valence-corrected chi connectivity index (χ0v) is 13.1. The SMILES string of the molecule is CC[Si](C)(C)CCCN(C(C)=O)c1ccccc1. The highest BCUT2D eigenvalue weighted by Crippen LogP contribution is 2.19. The number of hydrogen-bond donors (Lipinski definition) is 0. The predicted octanol–water partition coefficient (Wildman–Crippen LogP) is 4.16. The number of carbonyl (C=O) groups excluding carboxylic acids is 1. The van der Waals surface area contributed by atoms with Gasteiger partial charge in [0.1, 0.15) is 0 Å². The maximum atomic E-state index is 11.7. The quantitative estimate of drug-likeness (QED) is 0.706. The van der Waals surface area contributed by atoms with Crippen LogP contribution in [0.25, 0.3) is 0 Å². The molecule has 0 atom stereocenters. The van der Waals surface area contributed by atoms with E-state index in [-0.39, 0.29) is 5.91 Å². The lowest BCUT2D eigenvalue weighted by Crippen LogP contribution is -2.31. The fourth-order valence-corrected chi connectivity index (χ4v) is 3.44. The van der Waals surface area contributed by atoms with Crippen molar-refractivity contribution in [1.82, 2.24) is 0 Å². The molecule has 18 heavy (non-hydrogen) atoms. The molecule has 1 amide bonds. The summed E-state index contributed by atoms with van der Waals surface area (Å²) < 4.78 is 0. The van der Waals surface area contributed by atoms with Crippen LogP contribution in [0.15, 0.2) is 30.3 Å². The topological polar surface area (TPSA) is 20.3 Å². The van der Waals surface area contributed by atoms with Gasteiger partial charge in [0, 0.05) is 27.2 Å². The smallest absolute Gasteiger partial charge is 0.223 e. The molecule has 1 rings (SSSR count). The summed E-state index contributed by atoms with van der Waals surface area (Å²) in [7, 11) is -1.02. The number of benzene rings is 1. The molecule has 0 radical (unpaired) electrons. The summed E-state index contributed by atoms with van der Waals surface area (Å²) in [5, 5.41) is 0. The molecule has 1 aromatic carbocycles. The summed E-state index contributed by atoms with van der Waals surface area (Å²) in [6, 6.07) is 12.6. The third kappa shape index (κ3) is 4.65. The molecule has 0 saturated heterocycles. The number of rotatable bonds is 6. The fourth-order valence-electron chi connectivity index (χ4n) is 1.97. The van der Waals surface area contributed by atoms with Crippen LogP contribution in [-0.4, -0.2) is 20.5 Å². The Labute approximate surface area is 112 Å². The number of nitrogens with zero attached hydrogens (tertiary/aromatic N) is 1. The van der Waals surface area contributed by atoms with Crippen LogP contribution in [0.4, 0.5) is 5.69 Å². The van der Waals surface area contributed by atoms with Crippen LogP contribution in [0, 0.1) is 0 Å². The minimum absolute atomic E-state index is 0.136. The van der Waals surface area contributed by atoms with Gasteiger partial charge in [-0.3, -0.25) is 4.79 Å². The van der Waals surface area contributed by atoms with Crippen molar-refractivity contribution in [3.8, 4) is 0 Å². The first-order valence-corrected chi connectivity index (χ1v) is 10.2. The normalized spacial score (nSPS) is 11.3. The maximum Gasteiger partial charge on any atom is 0.223 e. The summed E-state index contributed by atoms with van der Waals surface area (Å²) in [6.07, 6.45) is 1.11. The van der Waals surface area contributed by atoms with Crippen molar-refractivity contribution in [2.45, 2.75) is 45.5 Å². The highest BCUT2D eigenvalue weighted by molar-refractivity contribution is 6.77. The van der Waals surface area contributed by atoms with Crippen molar-refractivity contribution in [3.63, 3.8) is 0 Å². The second-order valence-corrected chi connectivity index (χ2v) is 11.2. The third-order valence-electron chi connectivity index (χ3n) is 3.64. The Balaban J connectivity index is 2.58. The molecule has 0 saturated carbocycles. The Morgan fingerprint density at radius 3 is 2.33 bits per heavy atom. The molecule has 1 aromatic rings. The van der Waals surface area contributed by atoms with E-state index in [2.05, 4.69) is 20.0 Å². The van der Waals surface area contributed by atoms with Crippen LogP contribution >= 0.6 is 0 Å².